The maximum absolute atomic E-state index is 13.7. The molecule has 0 radical (unpaired) electrons. The fourth-order valence-corrected chi connectivity index (χ4v) is 4.86. The smallest absolute Gasteiger partial charge is 0.380 e. The molecule has 6 nitrogen and oxygen atoms in total. The van der Waals surface area contributed by atoms with Crippen molar-refractivity contribution in [2.45, 2.75) is 43.7 Å². The zero-order valence-corrected chi connectivity index (χ0v) is 18.5. The quantitative estimate of drug-likeness (QED) is 0.507. The Morgan fingerprint density at radius 3 is 2.54 bits per heavy atom. The van der Waals surface area contributed by atoms with Crippen LogP contribution in [0, 0.1) is 0 Å². The third kappa shape index (κ3) is 4.81. The minimum absolute atomic E-state index is 0.0619. The van der Waals surface area contributed by atoms with Crippen molar-refractivity contribution in [1.29, 1.82) is 0 Å². The lowest BCUT2D eigenvalue weighted by Gasteiger charge is -2.36. The SMILES string of the molecule is FC(F)(F)c1ccc(-c2nnc(N[C@@H]3CCCN(C4CCOC4)C3)n3cccc23)c(C(F)(F)F)c1. The summed E-state index contributed by atoms with van der Waals surface area (Å²) in [6.07, 6.45) is -5.41. The predicted octanol–water partition coefficient (Wildman–Crippen LogP) is 5.10. The highest BCUT2D eigenvalue weighted by molar-refractivity contribution is 5.80. The van der Waals surface area contributed by atoms with Gasteiger partial charge in [0.15, 0.2) is 0 Å². The summed E-state index contributed by atoms with van der Waals surface area (Å²) in [6, 6.07) is 5.18. The molecule has 1 unspecified atom stereocenters. The molecular formula is C23H23F6N5O. The summed E-state index contributed by atoms with van der Waals surface area (Å²) in [5.41, 5.74) is -3.08. The second-order valence-electron chi connectivity index (χ2n) is 8.89. The van der Waals surface area contributed by atoms with E-state index in [2.05, 4.69) is 20.4 Å². The monoisotopic (exact) mass is 499 g/mol. The van der Waals surface area contributed by atoms with E-state index in [0.717, 1.165) is 45.0 Å². The average Bonchev–Trinajstić information content (AvgIpc) is 3.51. The summed E-state index contributed by atoms with van der Waals surface area (Å²) in [4.78, 5) is 2.38. The normalized spacial score (nSPS) is 22.1. The Kier molecular flexibility index (Phi) is 6.12. The topological polar surface area (TPSA) is 54.7 Å². The molecule has 0 spiro atoms. The van der Waals surface area contributed by atoms with Crippen molar-refractivity contribution in [1.82, 2.24) is 19.5 Å². The van der Waals surface area contributed by atoms with Crippen LogP contribution < -0.4 is 5.32 Å². The lowest BCUT2D eigenvalue weighted by Crippen LogP contribution is -2.47. The van der Waals surface area contributed by atoms with Crippen LogP contribution in [0.25, 0.3) is 16.8 Å². The number of fused-ring (bicyclic) bond motifs is 1. The van der Waals surface area contributed by atoms with Crippen molar-refractivity contribution in [3.8, 4) is 11.3 Å². The van der Waals surface area contributed by atoms with E-state index in [1.165, 1.54) is 0 Å². The van der Waals surface area contributed by atoms with E-state index < -0.39 is 29.0 Å². The zero-order chi connectivity index (χ0) is 24.8. The average molecular weight is 499 g/mol. The first kappa shape index (κ1) is 23.9. The van der Waals surface area contributed by atoms with Gasteiger partial charge in [-0.3, -0.25) is 9.30 Å². The third-order valence-corrected chi connectivity index (χ3v) is 6.58. The number of hydrogen-bond donors (Lipinski definition) is 1. The summed E-state index contributed by atoms with van der Waals surface area (Å²) in [6.45, 7) is 3.21. The summed E-state index contributed by atoms with van der Waals surface area (Å²) in [5, 5.41) is 11.5. The number of alkyl halides is 6. The van der Waals surface area contributed by atoms with Gasteiger partial charge in [-0.25, -0.2) is 0 Å². The number of rotatable bonds is 4. The lowest BCUT2D eigenvalue weighted by molar-refractivity contribution is -0.142. The van der Waals surface area contributed by atoms with Crippen molar-refractivity contribution in [3.63, 3.8) is 0 Å². The number of piperidine rings is 1. The number of benzene rings is 1. The molecule has 4 heterocycles. The number of anilines is 1. The molecule has 3 aromatic rings. The van der Waals surface area contributed by atoms with Gasteiger partial charge in [-0.05, 0) is 50.1 Å². The zero-order valence-electron chi connectivity index (χ0n) is 18.5. The van der Waals surface area contributed by atoms with Gasteiger partial charge in [0.1, 0.15) is 5.69 Å². The van der Waals surface area contributed by atoms with E-state index in [0.29, 0.717) is 30.2 Å². The first-order chi connectivity index (χ1) is 16.6. The standard InChI is InChI=1S/C23H23F6N5O/c24-22(25,26)14-5-6-17(18(11-14)23(27,28)29)20-19-4-2-9-34(19)21(32-31-20)30-15-3-1-8-33(12-15)16-7-10-35-13-16/h2,4-6,9,11,15-16H,1,3,7-8,10,12-13H2,(H,30,32)/t15-,16?/m1/s1. The van der Waals surface area contributed by atoms with Gasteiger partial charge in [-0.15, -0.1) is 10.2 Å². The van der Waals surface area contributed by atoms with E-state index >= 15 is 0 Å². The van der Waals surface area contributed by atoms with Crippen LogP contribution in [-0.4, -0.2) is 57.9 Å². The Balaban J connectivity index is 1.47. The largest absolute Gasteiger partial charge is 0.417 e. The minimum Gasteiger partial charge on any atom is -0.380 e. The molecule has 5 rings (SSSR count). The Hall–Kier alpha value is -2.86. The fourth-order valence-electron chi connectivity index (χ4n) is 4.86. The fraction of sp³-hybridized carbons (Fsp3) is 0.478. The molecule has 188 valence electrons. The molecule has 35 heavy (non-hydrogen) atoms. The Morgan fingerprint density at radius 2 is 1.83 bits per heavy atom. The van der Waals surface area contributed by atoms with Crippen molar-refractivity contribution < 1.29 is 31.1 Å². The van der Waals surface area contributed by atoms with Gasteiger partial charge in [0.05, 0.1) is 23.3 Å². The molecule has 2 saturated heterocycles. The highest BCUT2D eigenvalue weighted by Crippen LogP contribution is 2.41. The van der Waals surface area contributed by atoms with Gasteiger partial charge in [0.2, 0.25) is 5.95 Å². The van der Waals surface area contributed by atoms with Gasteiger partial charge in [0, 0.05) is 37.0 Å². The maximum atomic E-state index is 13.7. The highest BCUT2D eigenvalue weighted by atomic mass is 19.4. The number of nitrogens with zero attached hydrogens (tertiary/aromatic N) is 4. The molecular weight excluding hydrogens is 476 g/mol. The second kappa shape index (κ2) is 8.98. The molecule has 2 aliphatic heterocycles. The van der Waals surface area contributed by atoms with Crippen LogP contribution in [-0.2, 0) is 17.1 Å². The van der Waals surface area contributed by atoms with Gasteiger partial charge in [-0.2, -0.15) is 26.3 Å². The molecule has 2 aliphatic rings. The maximum Gasteiger partial charge on any atom is 0.417 e. The Labute approximate surface area is 196 Å². The van der Waals surface area contributed by atoms with Gasteiger partial charge in [0.25, 0.3) is 0 Å². The van der Waals surface area contributed by atoms with E-state index in [9.17, 15) is 26.3 Å². The van der Waals surface area contributed by atoms with Crippen molar-refractivity contribution in [2.24, 2.45) is 0 Å². The van der Waals surface area contributed by atoms with Crippen LogP contribution in [0.4, 0.5) is 32.3 Å². The number of hydrogen-bond acceptors (Lipinski definition) is 5. The minimum atomic E-state index is -5.01. The van der Waals surface area contributed by atoms with Crippen molar-refractivity contribution in [3.05, 3.63) is 47.7 Å². The molecule has 0 saturated carbocycles. The molecule has 12 heteroatoms. The van der Waals surface area contributed by atoms with E-state index in [-0.39, 0.29) is 17.8 Å². The van der Waals surface area contributed by atoms with Gasteiger partial charge < -0.3 is 10.1 Å². The third-order valence-electron chi connectivity index (χ3n) is 6.58. The molecule has 1 N–H and O–H groups in total. The number of ether oxygens (including phenoxy) is 1. The lowest BCUT2D eigenvalue weighted by atomic mass is 10.00. The number of nitrogens with one attached hydrogen (secondary N) is 1. The van der Waals surface area contributed by atoms with E-state index in [4.69, 9.17) is 4.74 Å². The molecule has 1 aromatic carbocycles. The Morgan fingerprint density at radius 1 is 1.00 bits per heavy atom. The molecule has 0 bridgehead atoms. The Bertz CT molecular complexity index is 1200. The molecule has 2 atom stereocenters. The summed E-state index contributed by atoms with van der Waals surface area (Å²) in [5.74, 6) is 0.365. The first-order valence-electron chi connectivity index (χ1n) is 11.3. The first-order valence-corrected chi connectivity index (χ1v) is 11.3. The second-order valence-corrected chi connectivity index (χ2v) is 8.89. The van der Waals surface area contributed by atoms with E-state index in [1.807, 2.05) is 0 Å². The van der Waals surface area contributed by atoms with Crippen LogP contribution in [0.1, 0.15) is 30.4 Å². The predicted molar refractivity (Wildman–Crippen MR) is 116 cm³/mol. The molecule has 0 aliphatic carbocycles. The van der Waals surface area contributed by atoms with Crippen molar-refractivity contribution >= 4 is 11.5 Å². The summed E-state index contributed by atoms with van der Waals surface area (Å²) >= 11 is 0. The number of likely N-dealkylation sites (tertiary alicyclic amines) is 1. The highest BCUT2D eigenvalue weighted by Gasteiger charge is 2.39. The number of aromatic nitrogens is 3. The van der Waals surface area contributed by atoms with Crippen LogP contribution in [0.15, 0.2) is 36.5 Å². The van der Waals surface area contributed by atoms with Crippen LogP contribution in [0.3, 0.4) is 0 Å². The molecule has 0 amide bonds. The summed E-state index contributed by atoms with van der Waals surface area (Å²) < 4.78 is 87.5. The van der Waals surface area contributed by atoms with Crippen LogP contribution >= 0.6 is 0 Å². The van der Waals surface area contributed by atoms with Crippen LogP contribution in [0.5, 0.6) is 0 Å². The van der Waals surface area contributed by atoms with E-state index in [1.54, 1.807) is 22.7 Å². The van der Waals surface area contributed by atoms with Gasteiger partial charge >= 0.3 is 12.4 Å². The molecule has 2 aromatic heterocycles. The summed E-state index contributed by atoms with van der Waals surface area (Å²) in [7, 11) is 0. The van der Waals surface area contributed by atoms with Crippen molar-refractivity contribution in [2.75, 3.05) is 31.6 Å². The molecule has 2 fully saturated rings. The number of halogens is 6. The van der Waals surface area contributed by atoms with Crippen LogP contribution in [0.2, 0.25) is 0 Å². The van der Waals surface area contributed by atoms with Gasteiger partial charge in [-0.1, -0.05) is 6.07 Å².